The second-order valence-electron chi connectivity index (χ2n) is 7.77. The Morgan fingerprint density at radius 1 is 1.12 bits per heavy atom. The lowest BCUT2D eigenvalue weighted by Crippen LogP contribution is -2.42. The maximum atomic E-state index is 13.2. The normalized spacial score (nSPS) is 20.8. The highest BCUT2D eigenvalue weighted by Crippen LogP contribution is 2.40. The van der Waals surface area contributed by atoms with E-state index in [4.69, 9.17) is 14.2 Å². The molecule has 0 aliphatic carbocycles. The van der Waals surface area contributed by atoms with Gasteiger partial charge in [-0.25, -0.2) is 0 Å². The Morgan fingerprint density at radius 3 is 2.58 bits per heavy atom. The van der Waals surface area contributed by atoms with Gasteiger partial charge in [0.05, 0.1) is 44.3 Å². The van der Waals surface area contributed by atoms with Crippen LogP contribution in [0, 0.1) is 0 Å². The van der Waals surface area contributed by atoms with Gasteiger partial charge in [-0.2, -0.15) is 0 Å². The fourth-order valence-corrected chi connectivity index (χ4v) is 4.17. The average Bonchev–Trinajstić information content (AvgIpc) is 3.12. The predicted molar refractivity (Wildman–Crippen MR) is 120 cm³/mol. The van der Waals surface area contributed by atoms with Crippen LogP contribution in [0.5, 0.6) is 11.5 Å². The van der Waals surface area contributed by atoms with E-state index in [1.54, 1.807) is 42.6 Å². The lowest BCUT2D eigenvalue weighted by atomic mass is 9.97. The summed E-state index contributed by atoms with van der Waals surface area (Å²) in [5, 5.41) is 11.3. The molecule has 1 unspecified atom stereocenters. The molecule has 4 rings (SSSR count). The summed E-state index contributed by atoms with van der Waals surface area (Å²) in [7, 11) is 2.98. The van der Waals surface area contributed by atoms with Gasteiger partial charge in [-0.15, -0.1) is 0 Å². The number of likely N-dealkylation sites (tertiary alicyclic amines) is 1. The summed E-state index contributed by atoms with van der Waals surface area (Å²) in [4.78, 5) is 34.3. The van der Waals surface area contributed by atoms with Crippen LogP contribution in [-0.4, -0.2) is 85.2 Å². The molecule has 33 heavy (non-hydrogen) atoms. The summed E-state index contributed by atoms with van der Waals surface area (Å²) >= 11 is 0. The third kappa shape index (κ3) is 4.55. The minimum absolute atomic E-state index is 0.0101. The molecule has 0 spiro atoms. The number of ketones is 1. The molecule has 2 fully saturated rings. The number of aliphatic hydroxyl groups is 1. The molecule has 174 valence electrons. The van der Waals surface area contributed by atoms with E-state index in [0.29, 0.717) is 49.1 Å². The first-order valence-corrected chi connectivity index (χ1v) is 10.8. The fraction of sp³-hybridized carbons (Fsp3) is 0.375. The minimum Gasteiger partial charge on any atom is -0.507 e. The largest absolute Gasteiger partial charge is 0.507 e. The predicted octanol–water partition coefficient (Wildman–Crippen LogP) is 1.85. The molecule has 0 radical (unpaired) electrons. The lowest BCUT2D eigenvalue weighted by Gasteiger charge is -2.30. The number of carbonyl (C=O) groups is 2. The van der Waals surface area contributed by atoms with Crippen molar-refractivity contribution in [2.75, 3.05) is 53.6 Å². The quantitative estimate of drug-likeness (QED) is 0.385. The Labute approximate surface area is 192 Å². The van der Waals surface area contributed by atoms with Crippen molar-refractivity contribution in [2.24, 2.45) is 0 Å². The number of hydrogen-bond donors (Lipinski definition) is 1. The minimum atomic E-state index is -0.806. The summed E-state index contributed by atoms with van der Waals surface area (Å²) in [6.07, 6.45) is 1.60. The Bertz CT molecular complexity index is 1050. The molecule has 9 heteroatoms. The van der Waals surface area contributed by atoms with Gasteiger partial charge in [-0.05, 0) is 24.3 Å². The highest BCUT2D eigenvalue weighted by molar-refractivity contribution is 6.46. The van der Waals surface area contributed by atoms with Crippen LogP contribution in [0.25, 0.3) is 5.76 Å². The summed E-state index contributed by atoms with van der Waals surface area (Å²) in [5.41, 5.74) is 0.794. The highest BCUT2D eigenvalue weighted by Gasteiger charge is 2.47. The van der Waals surface area contributed by atoms with Gasteiger partial charge in [0.1, 0.15) is 23.3 Å². The summed E-state index contributed by atoms with van der Waals surface area (Å²) in [5.74, 6) is -0.852. The zero-order chi connectivity index (χ0) is 23.4. The van der Waals surface area contributed by atoms with Crippen LogP contribution in [0.2, 0.25) is 0 Å². The zero-order valence-corrected chi connectivity index (χ0v) is 18.7. The van der Waals surface area contributed by atoms with Crippen LogP contribution in [0.3, 0.4) is 0 Å². The number of morpholine rings is 1. The Hall–Kier alpha value is -3.43. The SMILES string of the molecule is COc1ccc(/C(O)=C2\C(=O)C(=O)N(CCN3CCOCC3)C2c2ccccn2)c(OC)c1. The van der Waals surface area contributed by atoms with Gasteiger partial charge >= 0.3 is 0 Å². The van der Waals surface area contributed by atoms with E-state index in [-0.39, 0.29) is 11.3 Å². The van der Waals surface area contributed by atoms with Crippen LogP contribution in [-0.2, 0) is 14.3 Å². The monoisotopic (exact) mass is 453 g/mol. The summed E-state index contributed by atoms with van der Waals surface area (Å²) in [6.45, 7) is 3.72. The Morgan fingerprint density at radius 2 is 1.91 bits per heavy atom. The van der Waals surface area contributed by atoms with Crippen LogP contribution >= 0.6 is 0 Å². The summed E-state index contributed by atoms with van der Waals surface area (Å²) < 4.78 is 16.0. The van der Waals surface area contributed by atoms with Crippen molar-refractivity contribution in [3.05, 3.63) is 59.4 Å². The first kappa shape index (κ1) is 22.8. The van der Waals surface area contributed by atoms with Gasteiger partial charge in [0.2, 0.25) is 0 Å². The number of aliphatic hydroxyl groups excluding tert-OH is 1. The van der Waals surface area contributed by atoms with Gasteiger partial charge < -0.3 is 24.2 Å². The molecule has 2 aliphatic heterocycles. The van der Waals surface area contributed by atoms with Crippen LogP contribution in [0.4, 0.5) is 0 Å². The van der Waals surface area contributed by atoms with Gasteiger partial charge in [0.25, 0.3) is 11.7 Å². The third-order valence-electron chi connectivity index (χ3n) is 5.93. The van der Waals surface area contributed by atoms with E-state index < -0.39 is 17.7 Å². The first-order chi connectivity index (χ1) is 16.0. The topological polar surface area (TPSA) is 101 Å². The maximum absolute atomic E-state index is 13.2. The average molecular weight is 453 g/mol. The highest BCUT2D eigenvalue weighted by atomic mass is 16.5. The summed E-state index contributed by atoms with van der Waals surface area (Å²) in [6, 6.07) is 9.36. The molecule has 1 aromatic carbocycles. The zero-order valence-electron chi connectivity index (χ0n) is 18.7. The molecule has 1 atom stereocenters. The Balaban J connectivity index is 1.75. The van der Waals surface area contributed by atoms with E-state index >= 15 is 0 Å². The smallest absolute Gasteiger partial charge is 0.295 e. The number of amides is 1. The van der Waals surface area contributed by atoms with Crippen LogP contribution < -0.4 is 9.47 Å². The van der Waals surface area contributed by atoms with Crippen molar-refractivity contribution in [3.63, 3.8) is 0 Å². The van der Waals surface area contributed by atoms with Crippen LogP contribution in [0.15, 0.2) is 48.2 Å². The van der Waals surface area contributed by atoms with Gasteiger partial charge in [-0.3, -0.25) is 19.5 Å². The number of pyridine rings is 1. The number of ether oxygens (including phenoxy) is 3. The van der Waals surface area contributed by atoms with Crippen molar-refractivity contribution < 1.29 is 28.9 Å². The maximum Gasteiger partial charge on any atom is 0.295 e. The van der Waals surface area contributed by atoms with E-state index in [1.165, 1.54) is 19.1 Å². The van der Waals surface area contributed by atoms with Crippen LogP contribution in [0.1, 0.15) is 17.3 Å². The molecule has 0 bridgehead atoms. The van der Waals surface area contributed by atoms with Crippen molar-refractivity contribution in [2.45, 2.75) is 6.04 Å². The molecule has 1 N–H and O–H groups in total. The van der Waals surface area contributed by atoms with E-state index in [1.807, 2.05) is 0 Å². The van der Waals surface area contributed by atoms with Crippen molar-refractivity contribution in [1.82, 2.24) is 14.8 Å². The molecule has 2 aliphatic rings. The van der Waals surface area contributed by atoms with Gasteiger partial charge in [-0.1, -0.05) is 6.07 Å². The Kier molecular flexibility index (Phi) is 6.90. The number of benzene rings is 1. The van der Waals surface area contributed by atoms with E-state index in [0.717, 1.165) is 13.1 Å². The number of Topliss-reactive ketones (excluding diaryl/α,β-unsaturated/α-hetero) is 1. The molecular weight excluding hydrogens is 426 g/mol. The van der Waals surface area contributed by atoms with Crippen molar-refractivity contribution in [1.29, 1.82) is 0 Å². The number of aromatic nitrogens is 1. The standard InChI is InChI=1S/C24H27N3O6/c1-31-16-6-7-17(19(15-16)32-2)22(28)20-21(18-5-3-4-8-25-18)27(24(30)23(20)29)10-9-26-11-13-33-14-12-26/h3-8,15,21,28H,9-14H2,1-2H3/b22-20+. The molecule has 2 aromatic rings. The molecule has 1 amide bonds. The lowest BCUT2D eigenvalue weighted by molar-refractivity contribution is -0.140. The van der Waals surface area contributed by atoms with Crippen molar-refractivity contribution >= 4 is 17.4 Å². The number of methoxy groups -OCH3 is 2. The van der Waals surface area contributed by atoms with Crippen molar-refractivity contribution in [3.8, 4) is 11.5 Å². The van der Waals surface area contributed by atoms with Gasteiger partial charge in [0.15, 0.2) is 0 Å². The molecule has 0 saturated carbocycles. The number of carbonyl (C=O) groups excluding carboxylic acids is 2. The van der Waals surface area contributed by atoms with E-state index in [9.17, 15) is 14.7 Å². The van der Waals surface area contributed by atoms with Gasteiger partial charge in [0, 0.05) is 38.4 Å². The first-order valence-electron chi connectivity index (χ1n) is 10.8. The number of nitrogens with zero attached hydrogens (tertiary/aromatic N) is 3. The number of hydrogen-bond acceptors (Lipinski definition) is 8. The third-order valence-corrected chi connectivity index (χ3v) is 5.93. The molecule has 1 aromatic heterocycles. The molecule has 9 nitrogen and oxygen atoms in total. The molecule has 2 saturated heterocycles. The fourth-order valence-electron chi connectivity index (χ4n) is 4.17. The second-order valence-corrected chi connectivity index (χ2v) is 7.77. The number of rotatable bonds is 7. The second kappa shape index (κ2) is 10.0. The molecular formula is C24H27N3O6. The molecule has 3 heterocycles. The van der Waals surface area contributed by atoms with E-state index in [2.05, 4.69) is 9.88 Å².